The largest absolute Gasteiger partial charge is 0.507 e. The number of phenolic OH excluding ortho intramolecular Hbond substituents is 1. The van der Waals surface area contributed by atoms with Crippen LogP contribution < -0.4 is 0 Å². The second-order valence-electron chi connectivity index (χ2n) is 3.69. The smallest absolute Gasteiger partial charge is 0.305 e. The van der Waals surface area contributed by atoms with E-state index in [0.29, 0.717) is 11.6 Å². The van der Waals surface area contributed by atoms with Gasteiger partial charge >= 0.3 is 5.97 Å². The zero-order chi connectivity index (χ0) is 13.7. The van der Waals surface area contributed by atoms with Crippen LogP contribution in [0.3, 0.4) is 0 Å². The Morgan fingerprint density at radius 2 is 2.06 bits per heavy atom. The number of phenols is 1. The van der Waals surface area contributed by atoms with E-state index in [1.165, 1.54) is 23.1 Å². The summed E-state index contributed by atoms with van der Waals surface area (Å²) < 4.78 is 0. The van der Waals surface area contributed by atoms with Gasteiger partial charge in [-0.25, -0.2) is 0 Å². The number of carbonyl (C=O) groups excluding carboxylic acids is 1. The lowest BCUT2D eigenvalue weighted by molar-refractivity contribution is -0.137. The number of hydrogen-bond donors (Lipinski definition) is 2. The SMILES string of the molecule is CCN(CCC(=O)O)C(=O)c1cc(Cl)ccc1O. The van der Waals surface area contributed by atoms with Crippen LogP contribution in [-0.4, -0.2) is 40.1 Å². The first-order valence-electron chi connectivity index (χ1n) is 5.45. The maximum absolute atomic E-state index is 12.1. The van der Waals surface area contributed by atoms with Crippen LogP contribution in [0, 0.1) is 0 Å². The van der Waals surface area contributed by atoms with Crippen molar-refractivity contribution < 1.29 is 19.8 Å². The second-order valence-corrected chi connectivity index (χ2v) is 4.13. The number of halogens is 1. The zero-order valence-electron chi connectivity index (χ0n) is 9.89. The lowest BCUT2D eigenvalue weighted by atomic mass is 10.1. The number of aliphatic carboxylic acids is 1. The predicted octanol–water partition coefficient (Wildman–Crippen LogP) is 1.98. The lowest BCUT2D eigenvalue weighted by Crippen LogP contribution is -2.32. The Bertz CT molecular complexity index is 461. The Balaban J connectivity index is 2.89. The standard InChI is InChI=1S/C12H14ClNO4/c1-2-14(6-5-11(16)17)12(18)9-7-8(13)3-4-10(9)15/h3-4,7,15H,2,5-6H2,1H3,(H,16,17). The maximum Gasteiger partial charge on any atom is 0.305 e. The Morgan fingerprint density at radius 3 is 2.61 bits per heavy atom. The third-order valence-corrected chi connectivity index (χ3v) is 2.69. The van der Waals surface area contributed by atoms with Crippen LogP contribution in [0.25, 0.3) is 0 Å². The zero-order valence-corrected chi connectivity index (χ0v) is 10.6. The quantitative estimate of drug-likeness (QED) is 0.858. The molecule has 2 N–H and O–H groups in total. The summed E-state index contributed by atoms with van der Waals surface area (Å²) in [4.78, 5) is 23.9. The molecule has 1 aromatic carbocycles. The highest BCUT2D eigenvalue weighted by molar-refractivity contribution is 6.31. The molecule has 0 spiro atoms. The van der Waals surface area contributed by atoms with Gasteiger partial charge in [0, 0.05) is 18.1 Å². The number of hydrogen-bond acceptors (Lipinski definition) is 3. The first-order valence-corrected chi connectivity index (χ1v) is 5.83. The molecule has 0 atom stereocenters. The van der Waals surface area contributed by atoms with Crippen LogP contribution in [0.5, 0.6) is 5.75 Å². The molecule has 98 valence electrons. The molecule has 18 heavy (non-hydrogen) atoms. The van der Waals surface area contributed by atoms with E-state index < -0.39 is 11.9 Å². The fourth-order valence-corrected chi connectivity index (χ4v) is 1.66. The molecule has 0 unspecified atom stereocenters. The molecule has 6 heteroatoms. The molecule has 0 aliphatic carbocycles. The lowest BCUT2D eigenvalue weighted by Gasteiger charge is -2.20. The highest BCUT2D eigenvalue weighted by Crippen LogP contribution is 2.23. The third kappa shape index (κ3) is 3.63. The van der Waals surface area contributed by atoms with E-state index in [1.807, 2.05) is 0 Å². The summed E-state index contributed by atoms with van der Waals surface area (Å²) >= 11 is 5.76. The molecule has 1 aromatic rings. The van der Waals surface area contributed by atoms with Crippen LogP contribution in [0.15, 0.2) is 18.2 Å². The first-order chi connectivity index (χ1) is 8.45. The van der Waals surface area contributed by atoms with Gasteiger partial charge in [-0.15, -0.1) is 0 Å². The minimum atomic E-state index is -0.975. The molecule has 0 aliphatic heterocycles. The topological polar surface area (TPSA) is 77.8 Å². The Kier molecular flexibility index (Phi) is 4.97. The number of rotatable bonds is 5. The summed E-state index contributed by atoms with van der Waals surface area (Å²) in [7, 11) is 0. The number of aromatic hydroxyl groups is 1. The van der Waals surface area contributed by atoms with Crippen molar-refractivity contribution in [2.24, 2.45) is 0 Å². The van der Waals surface area contributed by atoms with Crippen molar-refractivity contribution in [2.45, 2.75) is 13.3 Å². The van der Waals surface area contributed by atoms with Crippen LogP contribution in [0.1, 0.15) is 23.7 Å². The summed E-state index contributed by atoms with van der Waals surface area (Å²) in [6.45, 7) is 2.19. The molecule has 1 rings (SSSR count). The molecule has 0 bridgehead atoms. The van der Waals surface area contributed by atoms with Crippen molar-refractivity contribution >= 4 is 23.5 Å². The maximum atomic E-state index is 12.1. The second kappa shape index (κ2) is 6.26. The summed E-state index contributed by atoms with van der Waals surface area (Å²) in [5.74, 6) is -1.58. The fraction of sp³-hybridized carbons (Fsp3) is 0.333. The van der Waals surface area contributed by atoms with Gasteiger partial charge in [-0.05, 0) is 25.1 Å². The number of nitrogens with zero attached hydrogens (tertiary/aromatic N) is 1. The molecule has 1 amide bonds. The van der Waals surface area contributed by atoms with E-state index in [9.17, 15) is 14.7 Å². The van der Waals surface area contributed by atoms with Crippen molar-refractivity contribution in [2.75, 3.05) is 13.1 Å². The van der Waals surface area contributed by atoms with Gasteiger partial charge in [-0.3, -0.25) is 9.59 Å². The van der Waals surface area contributed by atoms with Crippen molar-refractivity contribution in [1.29, 1.82) is 0 Å². The Labute approximate surface area is 110 Å². The molecule has 0 saturated heterocycles. The number of benzene rings is 1. The third-order valence-electron chi connectivity index (χ3n) is 2.45. The minimum Gasteiger partial charge on any atom is -0.507 e. The van der Waals surface area contributed by atoms with E-state index in [-0.39, 0.29) is 24.3 Å². The van der Waals surface area contributed by atoms with Gasteiger partial charge in [0.2, 0.25) is 0 Å². The normalized spacial score (nSPS) is 10.1. The monoisotopic (exact) mass is 271 g/mol. The predicted molar refractivity (Wildman–Crippen MR) is 66.9 cm³/mol. The highest BCUT2D eigenvalue weighted by Gasteiger charge is 2.18. The van der Waals surface area contributed by atoms with Gasteiger partial charge in [-0.2, -0.15) is 0 Å². The number of carboxylic acid groups (broad SMARTS) is 1. The van der Waals surface area contributed by atoms with Gasteiger partial charge in [0.1, 0.15) is 5.75 Å². The number of carboxylic acids is 1. The van der Waals surface area contributed by atoms with E-state index in [2.05, 4.69) is 0 Å². The molecule has 0 fully saturated rings. The van der Waals surface area contributed by atoms with Crippen molar-refractivity contribution in [3.05, 3.63) is 28.8 Å². The first kappa shape index (κ1) is 14.3. The van der Waals surface area contributed by atoms with Crippen molar-refractivity contribution in [3.8, 4) is 5.75 Å². The van der Waals surface area contributed by atoms with Crippen LogP contribution in [0.2, 0.25) is 5.02 Å². The summed E-state index contributed by atoms with van der Waals surface area (Å²) in [6, 6.07) is 4.17. The molecule has 0 radical (unpaired) electrons. The Hall–Kier alpha value is -1.75. The average molecular weight is 272 g/mol. The molecule has 0 aromatic heterocycles. The van der Waals surface area contributed by atoms with Gasteiger partial charge in [0.25, 0.3) is 5.91 Å². The minimum absolute atomic E-state index is 0.0785. The van der Waals surface area contributed by atoms with Gasteiger partial charge < -0.3 is 15.1 Å². The summed E-state index contributed by atoms with van der Waals surface area (Å²) in [5, 5.41) is 18.5. The van der Waals surface area contributed by atoms with E-state index in [1.54, 1.807) is 6.92 Å². The van der Waals surface area contributed by atoms with Crippen LogP contribution in [0.4, 0.5) is 0 Å². The van der Waals surface area contributed by atoms with E-state index in [0.717, 1.165) is 0 Å². The van der Waals surface area contributed by atoms with E-state index in [4.69, 9.17) is 16.7 Å². The fourth-order valence-electron chi connectivity index (χ4n) is 1.48. The van der Waals surface area contributed by atoms with E-state index >= 15 is 0 Å². The molecule has 0 saturated carbocycles. The van der Waals surface area contributed by atoms with Gasteiger partial charge in [0.15, 0.2) is 0 Å². The molecular formula is C12H14ClNO4. The van der Waals surface area contributed by atoms with Gasteiger partial charge in [-0.1, -0.05) is 11.6 Å². The van der Waals surface area contributed by atoms with Crippen LogP contribution in [-0.2, 0) is 4.79 Å². The molecule has 0 aliphatic rings. The molecular weight excluding hydrogens is 258 g/mol. The van der Waals surface area contributed by atoms with Crippen molar-refractivity contribution in [1.82, 2.24) is 4.90 Å². The van der Waals surface area contributed by atoms with Crippen molar-refractivity contribution in [3.63, 3.8) is 0 Å². The summed E-state index contributed by atoms with van der Waals surface area (Å²) in [5.41, 5.74) is 0.0785. The highest BCUT2D eigenvalue weighted by atomic mass is 35.5. The van der Waals surface area contributed by atoms with Crippen LogP contribution >= 0.6 is 11.6 Å². The number of amides is 1. The molecule has 0 heterocycles. The average Bonchev–Trinajstić information content (AvgIpc) is 2.32. The number of carbonyl (C=O) groups is 2. The summed E-state index contributed by atoms with van der Waals surface area (Å²) in [6.07, 6.45) is -0.138. The van der Waals surface area contributed by atoms with Gasteiger partial charge in [0.05, 0.1) is 12.0 Å². The molecule has 5 nitrogen and oxygen atoms in total. The Morgan fingerprint density at radius 1 is 1.39 bits per heavy atom.